The number of para-hydroxylation sites is 1. The number of carbonyl (C=O) groups is 1. The number of rotatable bonds is 4. The number of pyridine rings is 1. The highest BCUT2D eigenvalue weighted by atomic mass is 32.2. The van der Waals surface area contributed by atoms with E-state index in [1.807, 2.05) is 24.3 Å². The van der Waals surface area contributed by atoms with Crippen LogP contribution >= 0.6 is 11.8 Å². The summed E-state index contributed by atoms with van der Waals surface area (Å²) in [5.41, 5.74) is 6.56. The maximum Gasteiger partial charge on any atom is 0.249 e. The molecule has 1 aromatic heterocycles. The number of thioether (sulfide) groups is 1. The van der Waals surface area contributed by atoms with E-state index in [0.29, 0.717) is 16.3 Å². The van der Waals surface area contributed by atoms with Crippen LogP contribution < -0.4 is 5.73 Å². The third-order valence-electron chi connectivity index (χ3n) is 2.30. The van der Waals surface area contributed by atoms with Crippen LogP contribution in [0.1, 0.15) is 10.4 Å². The number of hydrogen-bond donors (Lipinski definition) is 2. The summed E-state index contributed by atoms with van der Waals surface area (Å²) >= 11 is 1.40. The summed E-state index contributed by atoms with van der Waals surface area (Å²) in [6, 6.07) is 9.04. The van der Waals surface area contributed by atoms with Gasteiger partial charge in [-0.15, -0.1) is 11.8 Å². The van der Waals surface area contributed by atoms with Crippen LogP contribution in [0, 0.1) is 0 Å². The summed E-state index contributed by atoms with van der Waals surface area (Å²) in [6.07, 6.45) is 0. The second kappa shape index (κ2) is 5.16. The largest absolute Gasteiger partial charge is 0.396 e. The fourth-order valence-corrected chi connectivity index (χ4v) is 2.24. The lowest BCUT2D eigenvalue weighted by molar-refractivity contribution is 0.100. The monoisotopic (exact) mass is 248 g/mol. The summed E-state index contributed by atoms with van der Waals surface area (Å²) in [4.78, 5) is 15.8. The van der Waals surface area contributed by atoms with Gasteiger partial charge >= 0.3 is 0 Å². The molecule has 1 aromatic carbocycles. The van der Waals surface area contributed by atoms with Crippen LogP contribution in [0.5, 0.6) is 0 Å². The summed E-state index contributed by atoms with van der Waals surface area (Å²) < 4.78 is 0. The number of primary amides is 1. The van der Waals surface area contributed by atoms with Crippen LogP contribution in [0.15, 0.2) is 35.4 Å². The fraction of sp³-hybridized carbons (Fsp3) is 0.167. The first-order chi connectivity index (χ1) is 8.22. The first-order valence-corrected chi connectivity index (χ1v) is 6.14. The van der Waals surface area contributed by atoms with Crippen molar-refractivity contribution in [2.45, 2.75) is 5.03 Å². The first-order valence-electron chi connectivity index (χ1n) is 5.15. The van der Waals surface area contributed by atoms with E-state index in [2.05, 4.69) is 4.98 Å². The van der Waals surface area contributed by atoms with Crippen molar-refractivity contribution in [2.75, 3.05) is 12.4 Å². The van der Waals surface area contributed by atoms with Gasteiger partial charge < -0.3 is 10.8 Å². The molecule has 1 amide bonds. The van der Waals surface area contributed by atoms with E-state index in [-0.39, 0.29) is 6.61 Å². The quantitative estimate of drug-likeness (QED) is 0.802. The average molecular weight is 248 g/mol. The average Bonchev–Trinajstić information content (AvgIpc) is 2.35. The summed E-state index contributed by atoms with van der Waals surface area (Å²) in [7, 11) is 0. The van der Waals surface area contributed by atoms with Gasteiger partial charge in [-0.2, -0.15) is 0 Å². The Balaban J connectivity index is 2.55. The Hall–Kier alpha value is -1.59. The lowest BCUT2D eigenvalue weighted by Crippen LogP contribution is -2.12. The van der Waals surface area contributed by atoms with Crippen molar-refractivity contribution in [3.63, 3.8) is 0 Å². The van der Waals surface area contributed by atoms with Crippen molar-refractivity contribution in [1.29, 1.82) is 0 Å². The van der Waals surface area contributed by atoms with Crippen molar-refractivity contribution >= 4 is 28.6 Å². The normalized spacial score (nSPS) is 10.6. The molecule has 0 aliphatic rings. The number of aromatic nitrogens is 1. The van der Waals surface area contributed by atoms with Gasteiger partial charge in [0, 0.05) is 11.1 Å². The van der Waals surface area contributed by atoms with E-state index in [4.69, 9.17) is 10.8 Å². The van der Waals surface area contributed by atoms with Crippen LogP contribution in [0.25, 0.3) is 10.9 Å². The molecule has 1 heterocycles. The highest BCUT2D eigenvalue weighted by Crippen LogP contribution is 2.23. The van der Waals surface area contributed by atoms with Gasteiger partial charge in [-0.1, -0.05) is 18.2 Å². The zero-order valence-electron chi connectivity index (χ0n) is 9.09. The molecule has 2 aromatic rings. The Kier molecular flexibility index (Phi) is 3.61. The highest BCUT2D eigenvalue weighted by Gasteiger charge is 2.09. The van der Waals surface area contributed by atoms with Gasteiger partial charge in [-0.05, 0) is 12.1 Å². The van der Waals surface area contributed by atoms with Crippen molar-refractivity contribution < 1.29 is 9.90 Å². The lowest BCUT2D eigenvalue weighted by Gasteiger charge is -2.06. The topological polar surface area (TPSA) is 76.2 Å². The highest BCUT2D eigenvalue weighted by molar-refractivity contribution is 7.99. The first kappa shape index (κ1) is 11.9. The number of benzene rings is 1. The van der Waals surface area contributed by atoms with Crippen molar-refractivity contribution in [1.82, 2.24) is 4.98 Å². The van der Waals surface area contributed by atoms with Crippen molar-refractivity contribution in [3.05, 3.63) is 35.9 Å². The molecular weight excluding hydrogens is 236 g/mol. The number of carbonyl (C=O) groups excluding carboxylic acids is 1. The molecule has 88 valence electrons. The molecule has 0 aliphatic heterocycles. The Bertz CT molecular complexity index is 557. The summed E-state index contributed by atoms with van der Waals surface area (Å²) in [5, 5.41) is 10.2. The van der Waals surface area contributed by atoms with E-state index >= 15 is 0 Å². The molecule has 0 spiro atoms. The standard InChI is InChI=1S/C12H12N2O2S/c13-12(16)9-7-11(17-6-5-15)14-10-4-2-1-3-8(9)10/h1-4,7,15H,5-6H2,(H2,13,16). The molecule has 0 saturated heterocycles. The van der Waals surface area contributed by atoms with E-state index < -0.39 is 5.91 Å². The third kappa shape index (κ3) is 2.57. The number of fused-ring (bicyclic) bond motifs is 1. The molecule has 0 radical (unpaired) electrons. The summed E-state index contributed by atoms with van der Waals surface area (Å²) in [5.74, 6) is 0.0817. The van der Waals surface area contributed by atoms with Crippen LogP contribution in [-0.2, 0) is 0 Å². The number of nitrogens with two attached hydrogens (primary N) is 1. The molecule has 3 N–H and O–H groups in total. The Morgan fingerprint density at radius 1 is 1.41 bits per heavy atom. The van der Waals surface area contributed by atoms with Crippen LogP contribution in [0.4, 0.5) is 0 Å². The maximum absolute atomic E-state index is 11.4. The maximum atomic E-state index is 11.4. The van der Waals surface area contributed by atoms with E-state index in [9.17, 15) is 4.79 Å². The summed E-state index contributed by atoms with van der Waals surface area (Å²) in [6.45, 7) is 0.0745. The number of amides is 1. The number of aliphatic hydroxyl groups is 1. The van der Waals surface area contributed by atoms with E-state index in [0.717, 1.165) is 10.9 Å². The number of nitrogens with zero attached hydrogens (tertiary/aromatic N) is 1. The zero-order chi connectivity index (χ0) is 12.3. The predicted octanol–water partition coefficient (Wildman–Crippen LogP) is 1.42. The van der Waals surface area contributed by atoms with Crippen LogP contribution in [0.3, 0.4) is 0 Å². The molecule has 0 unspecified atom stereocenters. The van der Waals surface area contributed by atoms with E-state index in [1.165, 1.54) is 11.8 Å². The van der Waals surface area contributed by atoms with Gasteiger partial charge in [0.25, 0.3) is 0 Å². The second-order valence-electron chi connectivity index (χ2n) is 3.46. The van der Waals surface area contributed by atoms with Gasteiger partial charge in [0.2, 0.25) is 5.91 Å². The molecule has 0 bridgehead atoms. The third-order valence-corrected chi connectivity index (χ3v) is 3.19. The molecule has 0 atom stereocenters. The molecule has 4 nitrogen and oxygen atoms in total. The van der Waals surface area contributed by atoms with Gasteiger partial charge in [-0.25, -0.2) is 4.98 Å². The van der Waals surface area contributed by atoms with Crippen LogP contribution in [0.2, 0.25) is 0 Å². The van der Waals surface area contributed by atoms with Crippen LogP contribution in [-0.4, -0.2) is 28.4 Å². The Labute approximate surface area is 103 Å². The molecular formula is C12H12N2O2S. The molecule has 0 saturated carbocycles. The van der Waals surface area contributed by atoms with Crippen molar-refractivity contribution in [3.8, 4) is 0 Å². The Morgan fingerprint density at radius 2 is 2.18 bits per heavy atom. The minimum Gasteiger partial charge on any atom is -0.396 e. The molecule has 2 rings (SSSR count). The van der Waals surface area contributed by atoms with Gasteiger partial charge in [-0.3, -0.25) is 4.79 Å². The Morgan fingerprint density at radius 3 is 2.88 bits per heavy atom. The molecule has 5 heteroatoms. The zero-order valence-corrected chi connectivity index (χ0v) is 9.91. The lowest BCUT2D eigenvalue weighted by atomic mass is 10.1. The minimum atomic E-state index is -0.463. The number of aliphatic hydroxyl groups excluding tert-OH is 1. The number of hydrogen-bond acceptors (Lipinski definition) is 4. The van der Waals surface area contributed by atoms with Gasteiger partial charge in [0.1, 0.15) is 0 Å². The molecule has 17 heavy (non-hydrogen) atoms. The van der Waals surface area contributed by atoms with E-state index in [1.54, 1.807) is 6.07 Å². The molecule has 0 fully saturated rings. The molecule has 0 aliphatic carbocycles. The minimum absolute atomic E-state index is 0.0745. The van der Waals surface area contributed by atoms with Gasteiger partial charge in [0.05, 0.1) is 22.7 Å². The van der Waals surface area contributed by atoms with Gasteiger partial charge in [0.15, 0.2) is 0 Å². The second-order valence-corrected chi connectivity index (χ2v) is 4.58. The van der Waals surface area contributed by atoms with Crippen molar-refractivity contribution in [2.24, 2.45) is 5.73 Å². The predicted molar refractivity (Wildman–Crippen MR) is 68.1 cm³/mol. The smallest absolute Gasteiger partial charge is 0.249 e. The fourth-order valence-electron chi connectivity index (χ4n) is 1.58. The SMILES string of the molecule is NC(=O)c1cc(SCCO)nc2ccccc12.